The number of thioether (sulfide) groups is 1. The van der Waals surface area contributed by atoms with Crippen molar-refractivity contribution < 1.29 is 4.79 Å². The summed E-state index contributed by atoms with van der Waals surface area (Å²) in [5.41, 5.74) is 5.20. The van der Waals surface area contributed by atoms with E-state index in [1.54, 1.807) is 0 Å². The van der Waals surface area contributed by atoms with E-state index in [4.69, 9.17) is 5.73 Å². The Balaban J connectivity index is 2.52. The van der Waals surface area contributed by atoms with Gasteiger partial charge >= 0.3 is 0 Å². The molecule has 1 unspecified atom stereocenters. The summed E-state index contributed by atoms with van der Waals surface area (Å²) in [6.07, 6.45) is 1.54. The van der Waals surface area contributed by atoms with Gasteiger partial charge in [0, 0.05) is 17.7 Å². The molecule has 1 saturated heterocycles. The molecule has 12 heavy (non-hydrogen) atoms. The molecule has 4 heteroatoms. The summed E-state index contributed by atoms with van der Waals surface area (Å²) in [7, 11) is 0. The zero-order valence-electron chi connectivity index (χ0n) is 7.43. The minimum Gasteiger partial charge on any atom is -0.370 e. The molecule has 0 aromatic carbocycles. The molecular formula is C8H16N2OS. The first-order valence-electron chi connectivity index (χ1n) is 4.30. The molecule has 1 amide bonds. The summed E-state index contributed by atoms with van der Waals surface area (Å²) < 4.78 is 0. The number of hydrogen-bond donors (Lipinski definition) is 2. The number of amides is 1. The molecule has 3 nitrogen and oxygen atoms in total. The predicted octanol–water partition coefficient (Wildman–Crippen LogP) is 0.347. The van der Waals surface area contributed by atoms with Crippen LogP contribution < -0.4 is 11.1 Å². The zero-order chi connectivity index (χ0) is 9.03. The smallest absolute Gasteiger partial charge is 0.219 e. The lowest BCUT2D eigenvalue weighted by molar-refractivity contribution is -0.119. The number of carbonyl (C=O) groups is 1. The Morgan fingerprint density at radius 1 is 1.75 bits per heavy atom. The standard InChI is InChI=1S/C8H16N2OS/c1-2-10-8(5-7(9)11)3-4-12-6-8/h10H,2-6H2,1H3,(H2,9,11). The summed E-state index contributed by atoms with van der Waals surface area (Å²) in [6.45, 7) is 2.97. The quantitative estimate of drug-likeness (QED) is 0.669. The van der Waals surface area contributed by atoms with Gasteiger partial charge in [-0.1, -0.05) is 6.92 Å². The van der Waals surface area contributed by atoms with Crippen molar-refractivity contribution in [1.29, 1.82) is 0 Å². The predicted molar refractivity (Wildman–Crippen MR) is 52.2 cm³/mol. The third-order valence-corrected chi connectivity index (χ3v) is 3.42. The van der Waals surface area contributed by atoms with Gasteiger partial charge in [0.25, 0.3) is 0 Å². The van der Waals surface area contributed by atoms with Crippen LogP contribution in [0.4, 0.5) is 0 Å². The van der Waals surface area contributed by atoms with Crippen molar-refractivity contribution in [2.24, 2.45) is 5.73 Å². The molecular weight excluding hydrogens is 172 g/mol. The highest BCUT2D eigenvalue weighted by Gasteiger charge is 2.34. The molecule has 0 bridgehead atoms. The van der Waals surface area contributed by atoms with E-state index in [0.29, 0.717) is 6.42 Å². The van der Waals surface area contributed by atoms with E-state index in [9.17, 15) is 4.79 Å². The van der Waals surface area contributed by atoms with Crippen LogP contribution in [-0.2, 0) is 4.79 Å². The van der Waals surface area contributed by atoms with Crippen molar-refractivity contribution in [2.45, 2.75) is 25.3 Å². The highest BCUT2D eigenvalue weighted by Crippen LogP contribution is 2.30. The van der Waals surface area contributed by atoms with Crippen molar-refractivity contribution in [3.05, 3.63) is 0 Å². The number of carbonyl (C=O) groups excluding carboxylic acids is 1. The molecule has 1 fully saturated rings. The van der Waals surface area contributed by atoms with Gasteiger partial charge in [-0.05, 0) is 18.7 Å². The van der Waals surface area contributed by atoms with E-state index < -0.39 is 0 Å². The molecule has 0 saturated carbocycles. The van der Waals surface area contributed by atoms with Crippen molar-refractivity contribution in [3.63, 3.8) is 0 Å². The minimum absolute atomic E-state index is 0.00521. The van der Waals surface area contributed by atoms with Crippen LogP contribution >= 0.6 is 11.8 Å². The van der Waals surface area contributed by atoms with Crippen molar-refractivity contribution in [2.75, 3.05) is 18.1 Å². The van der Waals surface area contributed by atoms with Crippen molar-refractivity contribution >= 4 is 17.7 Å². The third-order valence-electron chi connectivity index (χ3n) is 2.17. The Morgan fingerprint density at radius 3 is 2.92 bits per heavy atom. The number of nitrogens with two attached hydrogens (primary N) is 1. The van der Waals surface area contributed by atoms with Gasteiger partial charge in [-0.3, -0.25) is 4.79 Å². The second kappa shape index (κ2) is 4.14. The molecule has 0 aliphatic carbocycles. The van der Waals surface area contributed by atoms with Crippen LogP contribution in [0.2, 0.25) is 0 Å². The summed E-state index contributed by atoms with van der Waals surface area (Å²) >= 11 is 1.89. The van der Waals surface area contributed by atoms with Gasteiger partial charge in [0.2, 0.25) is 5.91 Å². The van der Waals surface area contributed by atoms with Crippen molar-refractivity contribution in [1.82, 2.24) is 5.32 Å². The first-order valence-corrected chi connectivity index (χ1v) is 5.45. The average Bonchev–Trinajstić information content (AvgIpc) is 2.36. The molecule has 1 aliphatic rings. The number of primary amides is 1. The topological polar surface area (TPSA) is 55.1 Å². The molecule has 70 valence electrons. The number of rotatable bonds is 4. The third kappa shape index (κ3) is 2.38. The summed E-state index contributed by atoms with van der Waals surface area (Å²) in [4.78, 5) is 10.8. The molecule has 0 aromatic rings. The van der Waals surface area contributed by atoms with Crippen LogP contribution in [0.3, 0.4) is 0 Å². The Kier molecular flexibility index (Phi) is 3.40. The van der Waals surface area contributed by atoms with Gasteiger partial charge in [-0.2, -0.15) is 11.8 Å². The largest absolute Gasteiger partial charge is 0.370 e. The Hall–Kier alpha value is -0.220. The van der Waals surface area contributed by atoms with Gasteiger partial charge < -0.3 is 11.1 Å². The van der Waals surface area contributed by atoms with E-state index in [1.807, 2.05) is 11.8 Å². The average molecular weight is 188 g/mol. The molecule has 1 heterocycles. The first kappa shape index (κ1) is 9.86. The molecule has 0 aromatic heterocycles. The van der Waals surface area contributed by atoms with E-state index >= 15 is 0 Å². The second-order valence-corrected chi connectivity index (χ2v) is 4.36. The number of nitrogens with one attached hydrogen (secondary N) is 1. The lowest BCUT2D eigenvalue weighted by atomic mass is 9.94. The van der Waals surface area contributed by atoms with Crippen LogP contribution in [-0.4, -0.2) is 29.5 Å². The van der Waals surface area contributed by atoms with E-state index in [-0.39, 0.29) is 11.4 Å². The highest BCUT2D eigenvalue weighted by atomic mass is 32.2. The molecule has 1 atom stereocenters. The van der Waals surface area contributed by atoms with Gasteiger partial charge in [0.1, 0.15) is 0 Å². The van der Waals surface area contributed by atoms with Crippen LogP contribution in [0.15, 0.2) is 0 Å². The minimum atomic E-state index is -0.196. The highest BCUT2D eigenvalue weighted by molar-refractivity contribution is 7.99. The van der Waals surface area contributed by atoms with Gasteiger partial charge in [0.05, 0.1) is 0 Å². The summed E-state index contributed by atoms with van der Waals surface area (Å²) in [5, 5.41) is 3.37. The maximum absolute atomic E-state index is 10.8. The molecule has 0 radical (unpaired) electrons. The number of hydrogen-bond acceptors (Lipinski definition) is 3. The maximum atomic E-state index is 10.8. The van der Waals surface area contributed by atoms with E-state index in [1.165, 1.54) is 0 Å². The zero-order valence-corrected chi connectivity index (χ0v) is 8.25. The maximum Gasteiger partial charge on any atom is 0.219 e. The van der Waals surface area contributed by atoms with Crippen LogP contribution in [0.25, 0.3) is 0 Å². The van der Waals surface area contributed by atoms with E-state index in [0.717, 1.165) is 24.5 Å². The molecule has 1 aliphatic heterocycles. The van der Waals surface area contributed by atoms with Crippen molar-refractivity contribution in [3.8, 4) is 0 Å². The fourth-order valence-electron chi connectivity index (χ4n) is 1.66. The molecule has 1 rings (SSSR count). The fraction of sp³-hybridized carbons (Fsp3) is 0.875. The monoisotopic (exact) mass is 188 g/mol. The molecule has 3 N–H and O–H groups in total. The summed E-state index contributed by atoms with van der Waals surface area (Å²) in [5.74, 6) is 1.96. The lowest BCUT2D eigenvalue weighted by Gasteiger charge is -2.27. The lowest BCUT2D eigenvalue weighted by Crippen LogP contribution is -2.48. The summed E-state index contributed by atoms with van der Waals surface area (Å²) in [6, 6.07) is 0. The Morgan fingerprint density at radius 2 is 2.50 bits per heavy atom. The Bertz CT molecular complexity index is 166. The van der Waals surface area contributed by atoms with E-state index in [2.05, 4.69) is 12.2 Å². The normalized spacial score (nSPS) is 29.1. The van der Waals surface area contributed by atoms with Crippen LogP contribution in [0, 0.1) is 0 Å². The Labute approximate surface area is 77.5 Å². The van der Waals surface area contributed by atoms with Gasteiger partial charge in [-0.25, -0.2) is 0 Å². The second-order valence-electron chi connectivity index (χ2n) is 3.26. The van der Waals surface area contributed by atoms with Gasteiger partial charge in [-0.15, -0.1) is 0 Å². The molecule has 0 spiro atoms. The SMILES string of the molecule is CCNC1(CC(N)=O)CCSC1. The first-order chi connectivity index (χ1) is 5.68. The fourth-order valence-corrected chi connectivity index (χ4v) is 3.08. The van der Waals surface area contributed by atoms with Crippen LogP contribution in [0.1, 0.15) is 19.8 Å². The van der Waals surface area contributed by atoms with Gasteiger partial charge in [0.15, 0.2) is 0 Å². The van der Waals surface area contributed by atoms with Crippen LogP contribution in [0.5, 0.6) is 0 Å².